The largest absolute Gasteiger partial charge is 0.789 e. The first-order valence-electron chi connectivity index (χ1n) is 5.69. The predicted octanol–water partition coefficient (Wildman–Crippen LogP) is 2.79. The Morgan fingerprint density at radius 1 is 1.05 bits per heavy atom. The zero-order valence-corrected chi connectivity index (χ0v) is 10.7. The Hall–Kier alpha value is -2.29. The standard InChI is InChI=1S/C14H11N3OS/c15-10-16-14-12-8-4-5-9-13(12)19(18,17-14)11-6-2-1-3-7-11/h1-9,18H,(H,16,17)/p-1. The van der Waals surface area contributed by atoms with Crippen LogP contribution in [0.2, 0.25) is 0 Å². The smallest absolute Gasteiger partial charge is 0.182 e. The highest BCUT2D eigenvalue weighted by Crippen LogP contribution is 2.64. The van der Waals surface area contributed by atoms with Crippen molar-refractivity contribution in [2.45, 2.75) is 9.79 Å². The fourth-order valence-electron chi connectivity index (χ4n) is 2.06. The Balaban J connectivity index is 2.21. The van der Waals surface area contributed by atoms with Gasteiger partial charge in [-0.05, 0) is 18.2 Å². The van der Waals surface area contributed by atoms with Crippen molar-refractivity contribution in [3.05, 3.63) is 60.2 Å². The second kappa shape index (κ2) is 4.43. The molecule has 0 fully saturated rings. The van der Waals surface area contributed by atoms with E-state index in [0.717, 1.165) is 5.56 Å². The van der Waals surface area contributed by atoms with Gasteiger partial charge in [0.2, 0.25) is 0 Å². The molecular weight excluding hydrogens is 258 g/mol. The van der Waals surface area contributed by atoms with E-state index < -0.39 is 10.5 Å². The summed E-state index contributed by atoms with van der Waals surface area (Å²) in [5, 5.41) is 11.3. The molecule has 1 atom stereocenters. The number of benzene rings is 2. The van der Waals surface area contributed by atoms with Crippen molar-refractivity contribution in [3.8, 4) is 6.19 Å². The average Bonchev–Trinajstić information content (AvgIpc) is 2.75. The van der Waals surface area contributed by atoms with Crippen LogP contribution in [0.1, 0.15) is 5.56 Å². The van der Waals surface area contributed by atoms with Gasteiger partial charge in [-0.1, -0.05) is 36.4 Å². The monoisotopic (exact) mass is 268 g/mol. The zero-order chi connectivity index (χ0) is 13.3. The SMILES string of the molecule is N#CNC1=NS([O-])(c2ccccc2)c2ccccc21. The van der Waals surface area contributed by atoms with E-state index in [0.29, 0.717) is 15.6 Å². The lowest BCUT2D eigenvalue weighted by Crippen LogP contribution is -2.16. The zero-order valence-electron chi connectivity index (χ0n) is 9.91. The molecule has 0 spiro atoms. The van der Waals surface area contributed by atoms with Crippen LogP contribution >= 0.6 is 10.5 Å². The molecule has 1 aliphatic rings. The molecule has 0 saturated heterocycles. The van der Waals surface area contributed by atoms with E-state index in [9.17, 15) is 4.55 Å². The van der Waals surface area contributed by atoms with Crippen LogP contribution in [-0.4, -0.2) is 10.4 Å². The Kier molecular flexibility index (Phi) is 2.75. The summed E-state index contributed by atoms with van der Waals surface area (Å²) >= 11 is 0. The van der Waals surface area contributed by atoms with Gasteiger partial charge >= 0.3 is 0 Å². The van der Waals surface area contributed by atoms with E-state index in [-0.39, 0.29) is 0 Å². The Morgan fingerprint density at radius 2 is 1.74 bits per heavy atom. The highest BCUT2D eigenvalue weighted by Gasteiger charge is 2.28. The number of fused-ring (bicyclic) bond motifs is 1. The van der Waals surface area contributed by atoms with Crippen LogP contribution < -0.4 is 5.32 Å². The first-order chi connectivity index (χ1) is 9.25. The number of nitrogens with one attached hydrogen (secondary N) is 1. The maximum atomic E-state index is 13.2. The lowest BCUT2D eigenvalue weighted by Gasteiger charge is -2.40. The molecule has 0 aliphatic carbocycles. The van der Waals surface area contributed by atoms with Crippen LogP contribution in [-0.2, 0) is 0 Å². The van der Waals surface area contributed by atoms with Gasteiger partial charge in [0.15, 0.2) is 12.0 Å². The minimum Gasteiger partial charge on any atom is -0.789 e. The molecule has 2 aromatic carbocycles. The second-order valence-electron chi connectivity index (χ2n) is 4.01. The van der Waals surface area contributed by atoms with Crippen molar-refractivity contribution in [2.24, 2.45) is 4.40 Å². The van der Waals surface area contributed by atoms with Gasteiger partial charge in [-0.3, -0.25) is 5.32 Å². The Labute approximate surface area is 112 Å². The van der Waals surface area contributed by atoms with Gasteiger partial charge in [-0.15, -0.1) is 0 Å². The third kappa shape index (κ3) is 1.78. The van der Waals surface area contributed by atoms with E-state index in [1.54, 1.807) is 18.2 Å². The Bertz CT molecular complexity index is 693. The maximum Gasteiger partial charge on any atom is 0.182 e. The molecule has 3 rings (SSSR count). The van der Waals surface area contributed by atoms with Gasteiger partial charge in [-0.25, -0.2) is 4.40 Å². The van der Waals surface area contributed by atoms with E-state index in [1.807, 2.05) is 42.6 Å². The van der Waals surface area contributed by atoms with Crippen molar-refractivity contribution in [2.75, 3.05) is 0 Å². The molecule has 0 bridgehead atoms. The first-order valence-corrected chi connectivity index (χ1v) is 7.21. The van der Waals surface area contributed by atoms with Gasteiger partial charge in [0.05, 0.1) is 0 Å². The molecule has 94 valence electrons. The van der Waals surface area contributed by atoms with Gasteiger partial charge in [-0.2, -0.15) is 15.8 Å². The molecule has 1 unspecified atom stereocenters. The van der Waals surface area contributed by atoms with Crippen molar-refractivity contribution in [1.29, 1.82) is 5.26 Å². The third-order valence-electron chi connectivity index (χ3n) is 2.90. The van der Waals surface area contributed by atoms with Crippen molar-refractivity contribution in [3.63, 3.8) is 0 Å². The fraction of sp³-hybridized carbons (Fsp3) is 0. The first kappa shape index (κ1) is 11.8. The van der Waals surface area contributed by atoms with Crippen LogP contribution in [0.3, 0.4) is 0 Å². The maximum absolute atomic E-state index is 13.2. The van der Waals surface area contributed by atoms with E-state index >= 15 is 0 Å². The summed E-state index contributed by atoms with van der Waals surface area (Å²) in [4.78, 5) is 1.30. The summed E-state index contributed by atoms with van der Waals surface area (Å²) in [6.07, 6.45) is 1.83. The summed E-state index contributed by atoms with van der Waals surface area (Å²) in [5.74, 6) is 0.368. The van der Waals surface area contributed by atoms with E-state index in [1.165, 1.54) is 0 Å². The normalized spacial score (nSPS) is 23.7. The third-order valence-corrected chi connectivity index (χ3v) is 5.20. The number of rotatable bonds is 1. The van der Waals surface area contributed by atoms with Crippen molar-refractivity contribution in [1.82, 2.24) is 5.32 Å². The molecule has 5 heteroatoms. The molecule has 0 radical (unpaired) electrons. The fourth-order valence-corrected chi connectivity index (χ4v) is 4.17. The van der Waals surface area contributed by atoms with Crippen LogP contribution in [0, 0.1) is 11.5 Å². The highest BCUT2D eigenvalue weighted by atomic mass is 32.3. The predicted molar refractivity (Wildman–Crippen MR) is 73.1 cm³/mol. The topological polar surface area (TPSA) is 71.2 Å². The van der Waals surface area contributed by atoms with Crippen LogP contribution in [0.4, 0.5) is 0 Å². The summed E-state index contributed by atoms with van der Waals surface area (Å²) in [6.45, 7) is 0. The number of hydrogen-bond acceptors (Lipinski definition) is 4. The lowest BCUT2D eigenvalue weighted by atomic mass is 10.2. The van der Waals surface area contributed by atoms with Gasteiger partial charge < -0.3 is 4.55 Å². The molecule has 0 saturated carbocycles. The van der Waals surface area contributed by atoms with Crippen LogP contribution in [0.25, 0.3) is 0 Å². The Morgan fingerprint density at radius 3 is 2.47 bits per heavy atom. The molecule has 0 aromatic heterocycles. The van der Waals surface area contributed by atoms with Gasteiger partial charge in [0.1, 0.15) is 0 Å². The highest BCUT2D eigenvalue weighted by molar-refractivity contribution is 8.28. The molecule has 1 N–H and O–H groups in total. The number of nitriles is 1. The molecule has 1 aliphatic heterocycles. The molecule has 2 aromatic rings. The van der Waals surface area contributed by atoms with Gasteiger partial charge in [0.25, 0.3) is 0 Å². The van der Waals surface area contributed by atoms with E-state index in [4.69, 9.17) is 5.26 Å². The minimum absolute atomic E-state index is 0.368. The summed E-state index contributed by atoms with van der Waals surface area (Å²) in [6, 6.07) is 16.4. The summed E-state index contributed by atoms with van der Waals surface area (Å²) in [5.41, 5.74) is 0.720. The lowest BCUT2D eigenvalue weighted by molar-refractivity contribution is 0.584. The van der Waals surface area contributed by atoms with Crippen LogP contribution in [0.5, 0.6) is 0 Å². The molecular formula is C14H10N3OS-. The number of amidine groups is 1. The second-order valence-corrected chi connectivity index (χ2v) is 6.16. The average molecular weight is 268 g/mol. The summed E-state index contributed by atoms with van der Waals surface area (Å²) < 4.78 is 17.4. The van der Waals surface area contributed by atoms with Gasteiger partial charge in [0, 0.05) is 15.4 Å². The molecule has 1 heterocycles. The number of nitrogens with zero attached hydrogens (tertiary/aromatic N) is 2. The van der Waals surface area contributed by atoms with E-state index in [2.05, 4.69) is 9.71 Å². The van der Waals surface area contributed by atoms with Crippen molar-refractivity contribution < 1.29 is 4.55 Å². The summed E-state index contributed by atoms with van der Waals surface area (Å²) in [7, 11) is -2.69. The molecule has 19 heavy (non-hydrogen) atoms. The quantitative estimate of drug-likeness (QED) is 0.638. The number of hydrogen-bond donors (Lipinski definition) is 1. The van der Waals surface area contributed by atoms with Crippen LogP contribution in [0.15, 0.2) is 68.8 Å². The molecule has 4 nitrogen and oxygen atoms in total. The van der Waals surface area contributed by atoms with Crippen molar-refractivity contribution >= 4 is 16.3 Å². The minimum atomic E-state index is -2.69. The molecule has 0 amide bonds.